The van der Waals surface area contributed by atoms with Gasteiger partial charge in [0.25, 0.3) is 0 Å². The molecule has 0 saturated carbocycles. The Kier molecular flexibility index (Phi) is 6.39. The number of benzene rings is 1. The number of ether oxygens (including phenoxy) is 1. The number of terminal acetylenes is 1. The summed E-state index contributed by atoms with van der Waals surface area (Å²) < 4.78 is 5.29. The fourth-order valence-corrected chi connectivity index (χ4v) is 1.67. The second-order valence-electron chi connectivity index (χ2n) is 3.97. The van der Waals surface area contributed by atoms with Crippen LogP contribution in [0.25, 0.3) is 0 Å². The molecule has 0 radical (unpaired) electrons. The molecule has 92 valence electrons. The molecule has 1 rings (SSSR count). The van der Waals surface area contributed by atoms with E-state index in [1.54, 1.807) is 0 Å². The highest BCUT2D eigenvalue weighted by Gasteiger charge is 2.01. The Morgan fingerprint density at radius 1 is 1.12 bits per heavy atom. The van der Waals surface area contributed by atoms with Crippen molar-refractivity contribution in [2.75, 3.05) is 19.7 Å². The van der Waals surface area contributed by atoms with Crippen LogP contribution in [-0.2, 0) is 17.9 Å². The summed E-state index contributed by atoms with van der Waals surface area (Å²) in [5.41, 5.74) is 2.51. The number of rotatable bonds is 7. The molecule has 1 aromatic carbocycles. The largest absolute Gasteiger partial charge is 0.364 e. The minimum Gasteiger partial charge on any atom is -0.364 e. The fraction of sp³-hybridized carbons (Fsp3) is 0.467. The van der Waals surface area contributed by atoms with Crippen molar-refractivity contribution in [1.82, 2.24) is 4.90 Å². The highest BCUT2D eigenvalue weighted by Crippen LogP contribution is 2.08. The lowest BCUT2D eigenvalue weighted by molar-refractivity contribution is 0.153. The van der Waals surface area contributed by atoms with Crippen molar-refractivity contribution in [3.05, 3.63) is 35.4 Å². The molecule has 0 saturated heterocycles. The molecule has 0 atom stereocenters. The summed E-state index contributed by atoms with van der Waals surface area (Å²) in [4.78, 5) is 2.39. The van der Waals surface area contributed by atoms with Gasteiger partial charge in [0, 0.05) is 6.54 Å². The first-order valence-electron chi connectivity index (χ1n) is 6.11. The second-order valence-corrected chi connectivity index (χ2v) is 3.97. The Bertz CT molecular complexity index is 346. The SMILES string of the molecule is C#CCOCc1ccc(CN(CC)CC)cc1. The molecule has 1 aromatic rings. The average molecular weight is 231 g/mol. The number of hydrogen-bond acceptors (Lipinski definition) is 2. The highest BCUT2D eigenvalue weighted by atomic mass is 16.5. The monoisotopic (exact) mass is 231 g/mol. The first-order chi connectivity index (χ1) is 8.30. The molecule has 0 unspecified atom stereocenters. The molecule has 2 nitrogen and oxygen atoms in total. The lowest BCUT2D eigenvalue weighted by Crippen LogP contribution is -2.22. The van der Waals surface area contributed by atoms with E-state index in [1.165, 1.54) is 11.1 Å². The van der Waals surface area contributed by atoms with E-state index in [2.05, 4.69) is 48.9 Å². The lowest BCUT2D eigenvalue weighted by atomic mass is 10.1. The molecule has 0 spiro atoms. The predicted molar refractivity (Wildman–Crippen MR) is 71.6 cm³/mol. The fourth-order valence-electron chi connectivity index (χ4n) is 1.67. The van der Waals surface area contributed by atoms with Gasteiger partial charge >= 0.3 is 0 Å². The third kappa shape index (κ3) is 5.04. The van der Waals surface area contributed by atoms with Crippen LogP contribution in [0.1, 0.15) is 25.0 Å². The third-order valence-corrected chi connectivity index (χ3v) is 2.78. The van der Waals surface area contributed by atoms with E-state index >= 15 is 0 Å². The van der Waals surface area contributed by atoms with Gasteiger partial charge in [-0.05, 0) is 24.2 Å². The molecule has 0 amide bonds. The van der Waals surface area contributed by atoms with Gasteiger partial charge in [-0.3, -0.25) is 4.90 Å². The Morgan fingerprint density at radius 3 is 2.24 bits per heavy atom. The van der Waals surface area contributed by atoms with Crippen LogP contribution in [0.15, 0.2) is 24.3 Å². The number of hydrogen-bond donors (Lipinski definition) is 0. The summed E-state index contributed by atoms with van der Waals surface area (Å²) in [6.07, 6.45) is 5.12. The summed E-state index contributed by atoms with van der Waals surface area (Å²) in [6.45, 7) is 8.53. The summed E-state index contributed by atoms with van der Waals surface area (Å²) in [5.74, 6) is 2.46. The minimum atomic E-state index is 0.376. The zero-order valence-electron chi connectivity index (χ0n) is 10.8. The molecule has 0 N–H and O–H groups in total. The van der Waals surface area contributed by atoms with Crippen molar-refractivity contribution in [3.63, 3.8) is 0 Å². The van der Waals surface area contributed by atoms with E-state index in [4.69, 9.17) is 11.2 Å². The first-order valence-corrected chi connectivity index (χ1v) is 6.11. The predicted octanol–water partition coefficient (Wildman–Crippen LogP) is 2.68. The third-order valence-electron chi connectivity index (χ3n) is 2.78. The van der Waals surface area contributed by atoms with Crippen LogP contribution in [0.3, 0.4) is 0 Å². The van der Waals surface area contributed by atoms with Crippen LogP contribution in [0.4, 0.5) is 0 Å². The van der Waals surface area contributed by atoms with Gasteiger partial charge < -0.3 is 4.74 Å². The zero-order chi connectivity index (χ0) is 12.5. The van der Waals surface area contributed by atoms with Gasteiger partial charge in [0.05, 0.1) is 6.61 Å². The normalized spacial score (nSPS) is 10.5. The Hall–Kier alpha value is -1.30. The van der Waals surface area contributed by atoms with Crippen LogP contribution in [0.5, 0.6) is 0 Å². The Balaban J connectivity index is 2.47. The molecule has 0 fully saturated rings. The highest BCUT2D eigenvalue weighted by molar-refractivity contribution is 5.22. The van der Waals surface area contributed by atoms with E-state index in [0.29, 0.717) is 13.2 Å². The van der Waals surface area contributed by atoms with E-state index in [9.17, 15) is 0 Å². The molecule has 0 bridgehead atoms. The zero-order valence-corrected chi connectivity index (χ0v) is 10.8. The van der Waals surface area contributed by atoms with E-state index in [0.717, 1.165) is 19.6 Å². The maximum Gasteiger partial charge on any atom is 0.107 e. The van der Waals surface area contributed by atoms with Gasteiger partial charge in [-0.15, -0.1) is 6.42 Å². The van der Waals surface area contributed by atoms with E-state index in [-0.39, 0.29) is 0 Å². The van der Waals surface area contributed by atoms with Crippen LogP contribution in [0.2, 0.25) is 0 Å². The van der Waals surface area contributed by atoms with Crippen molar-refractivity contribution in [2.24, 2.45) is 0 Å². The van der Waals surface area contributed by atoms with Crippen LogP contribution in [-0.4, -0.2) is 24.6 Å². The van der Waals surface area contributed by atoms with Crippen molar-refractivity contribution in [3.8, 4) is 12.3 Å². The van der Waals surface area contributed by atoms with Crippen LogP contribution >= 0.6 is 0 Å². The minimum absolute atomic E-state index is 0.376. The van der Waals surface area contributed by atoms with E-state index < -0.39 is 0 Å². The van der Waals surface area contributed by atoms with Gasteiger partial charge in [-0.2, -0.15) is 0 Å². The molecule has 0 aliphatic rings. The maximum atomic E-state index is 5.29. The molecule has 0 aliphatic carbocycles. The molecular formula is C15H21NO. The van der Waals surface area contributed by atoms with Gasteiger partial charge in [-0.25, -0.2) is 0 Å². The molecule has 0 heterocycles. The van der Waals surface area contributed by atoms with Crippen molar-refractivity contribution in [2.45, 2.75) is 27.0 Å². The average Bonchev–Trinajstić information content (AvgIpc) is 2.38. The van der Waals surface area contributed by atoms with Crippen LogP contribution in [0, 0.1) is 12.3 Å². The van der Waals surface area contributed by atoms with Crippen LogP contribution < -0.4 is 0 Å². The summed E-state index contributed by atoms with van der Waals surface area (Å²) in [5, 5.41) is 0. The van der Waals surface area contributed by atoms with Gasteiger partial charge in [-0.1, -0.05) is 44.0 Å². The summed E-state index contributed by atoms with van der Waals surface area (Å²) >= 11 is 0. The van der Waals surface area contributed by atoms with E-state index in [1.807, 2.05) is 0 Å². The second kappa shape index (κ2) is 7.89. The molecule has 0 aromatic heterocycles. The van der Waals surface area contributed by atoms with Crippen molar-refractivity contribution in [1.29, 1.82) is 0 Å². The van der Waals surface area contributed by atoms with Crippen molar-refractivity contribution < 1.29 is 4.74 Å². The maximum absolute atomic E-state index is 5.29. The number of nitrogens with zero attached hydrogens (tertiary/aromatic N) is 1. The van der Waals surface area contributed by atoms with Crippen molar-refractivity contribution >= 4 is 0 Å². The molecule has 0 aliphatic heterocycles. The van der Waals surface area contributed by atoms with Gasteiger partial charge in [0.2, 0.25) is 0 Å². The summed E-state index contributed by atoms with van der Waals surface area (Å²) in [7, 11) is 0. The Morgan fingerprint density at radius 2 is 1.71 bits per heavy atom. The van der Waals surface area contributed by atoms with Gasteiger partial charge in [0.15, 0.2) is 0 Å². The molecule has 2 heteroatoms. The summed E-state index contributed by atoms with van der Waals surface area (Å²) in [6, 6.07) is 8.53. The standard InChI is InChI=1S/C15H21NO/c1-4-11-17-13-15-9-7-14(8-10-15)12-16(5-2)6-3/h1,7-10H,5-6,11-13H2,2-3H3. The molecular weight excluding hydrogens is 210 g/mol. The smallest absolute Gasteiger partial charge is 0.107 e. The molecule has 17 heavy (non-hydrogen) atoms. The lowest BCUT2D eigenvalue weighted by Gasteiger charge is -2.18. The Labute approximate surface area is 105 Å². The first kappa shape index (κ1) is 13.8. The van der Waals surface area contributed by atoms with Gasteiger partial charge in [0.1, 0.15) is 6.61 Å². The quantitative estimate of drug-likeness (QED) is 0.528. The topological polar surface area (TPSA) is 12.5 Å².